The molecule has 0 bridgehead atoms. The summed E-state index contributed by atoms with van der Waals surface area (Å²) >= 11 is 0.959. The Morgan fingerprint density at radius 1 is 1.75 bits per heavy atom. The van der Waals surface area contributed by atoms with Crippen LogP contribution in [0.15, 0.2) is 10.6 Å². The average Bonchev–Trinajstić information content (AvgIpc) is 2.63. The van der Waals surface area contributed by atoms with Gasteiger partial charge in [0.05, 0.1) is 11.4 Å². The first-order valence-corrected chi connectivity index (χ1v) is 5.71. The van der Waals surface area contributed by atoms with Crippen LogP contribution in [-0.4, -0.2) is 22.0 Å². The maximum Gasteiger partial charge on any atom is 0.237 e. The molecule has 0 fully saturated rings. The van der Waals surface area contributed by atoms with E-state index in [1.165, 1.54) is 0 Å². The molecule has 1 aromatic heterocycles. The molecule has 7 heteroatoms. The predicted octanol–water partition coefficient (Wildman–Crippen LogP) is 1.36. The first-order chi connectivity index (χ1) is 7.49. The van der Waals surface area contributed by atoms with Crippen molar-refractivity contribution in [2.24, 2.45) is 5.73 Å². The van der Waals surface area contributed by atoms with Gasteiger partial charge in [0.25, 0.3) is 0 Å². The van der Waals surface area contributed by atoms with Crippen molar-refractivity contribution < 1.29 is 9.32 Å². The Morgan fingerprint density at radius 2 is 2.44 bits per heavy atom. The molecular weight excluding hydrogens is 228 g/mol. The number of nitrogens with two attached hydrogens (primary N) is 1. The second kappa shape index (κ2) is 5.55. The van der Waals surface area contributed by atoms with E-state index in [1.54, 1.807) is 6.07 Å². The van der Waals surface area contributed by atoms with Crippen LogP contribution in [0.2, 0.25) is 0 Å². The number of hydrogen-bond acceptors (Lipinski definition) is 5. The van der Waals surface area contributed by atoms with E-state index >= 15 is 0 Å². The molecule has 16 heavy (non-hydrogen) atoms. The summed E-state index contributed by atoms with van der Waals surface area (Å²) < 4.78 is 4.93. The highest BCUT2D eigenvalue weighted by molar-refractivity contribution is 8.14. The first-order valence-electron chi connectivity index (χ1n) is 4.72. The smallest absolute Gasteiger partial charge is 0.237 e. The van der Waals surface area contributed by atoms with Crippen LogP contribution in [0.4, 0.5) is 5.88 Å². The molecule has 6 nitrogen and oxygen atoms in total. The van der Waals surface area contributed by atoms with Crippen molar-refractivity contribution in [3.8, 4) is 0 Å². The third-order valence-corrected chi connectivity index (χ3v) is 2.46. The summed E-state index contributed by atoms with van der Waals surface area (Å²) in [6.07, 6.45) is 0. The van der Waals surface area contributed by atoms with E-state index in [4.69, 9.17) is 15.7 Å². The summed E-state index contributed by atoms with van der Waals surface area (Å²) in [4.78, 5) is 11.3. The van der Waals surface area contributed by atoms with Crippen LogP contribution in [0.5, 0.6) is 0 Å². The molecule has 0 radical (unpaired) electrons. The van der Waals surface area contributed by atoms with Gasteiger partial charge in [0.1, 0.15) is 0 Å². The fourth-order valence-corrected chi connectivity index (χ4v) is 1.30. The Bertz CT molecular complexity index is 389. The molecule has 4 N–H and O–H groups in total. The fourth-order valence-electron chi connectivity index (χ4n) is 0.937. The van der Waals surface area contributed by atoms with Gasteiger partial charge in [-0.05, 0) is 5.92 Å². The zero-order valence-electron chi connectivity index (χ0n) is 9.11. The molecule has 0 aliphatic rings. The van der Waals surface area contributed by atoms with Gasteiger partial charge >= 0.3 is 0 Å². The van der Waals surface area contributed by atoms with E-state index < -0.39 is 0 Å². The molecule has 1 heterocycles. The lowest BCUT2D eigenvalue weighted by Gasteiger charge is -1.99. The number of amidine groups is 1. The maximum absolute atomic E-state index is 11.3. The van der Waals surface area contributed by atoms with Gasteiger partial charge in [-0.15, -0.1) is 0 Å². The van der Waals surface area contributed by atoms with E-state index in [0.29, 0.717) is 5.88 Å². The molecule has 0 spiro atoms. The fraction of sp³-hybridized carbons (Fsp3) is 0.444. The van der Waals surface area contributed by atoms with Gasteiger partial charge in [-0.25, -0.2) is 0 Å². The number of amides is 1. The maximum atomic E-state index is 11.3. The molecule has 1 amide bonds. The molecule has 0 saturated heterocycles. The normalized spacial score (nSPS) is 10.4. The van der Waals surface area contributed by atoms with Crippen molar-refractivity contribution in [3.05, 3.63) is 11.8 Å². The van der Waals surface area contributed by atoms with Crippen molar-refractivity contribution >= 4 is 28.7 Å². The largest absolute Gasteiger partial charge is 0.379 e. The SMILES string of the molecule is CC(C)c1cc(NC(=O)CSC(=N)N)on1. The molecule has 0 aliphatic carbocycles. The van der Waals surface area contributed by atoms with Crippen molar-refractivity contribution in [2.45, 2.75) is 19.8 Å². The topological polar surface area (TPSA) is 105 Å². The van der Waals surface area contributed by atoms with Crippen LogP contribution in [0.3, 0.4) is 0 Å². The Labute approximate surface area is 97.4 Å². The van der Waals surface area contributed by atoms with E-state index in [0.717, 1.165) is 17.5 Å². The minimum Gasteiger partial charge on any atom is -0.379 e. The molecule has 0 saturated carbocycles. The third kappa shape index (κ3) is 3.93. The highest BCUT2D eigenvalue weighted by Gasteiger charge is 2.10. The quantitative estimate of drug-likeness (QED) is 0.546. The van der Waals surface area contributed by atoms with Crippen LogP contribution in [0.1, 0.15) is 25.5 Å². The van der Waals surface area contributed by atoms with Gasteiger partial charge < -0.3 is 10.3 Å². The van der Waals surface area contributed by atoms with Crippen LogP contribution >= 0.6 is 11.8 Å². The van der Waals surface area contributed by atoms with Gasteiger partial charge in [-0.3, -0.25) is 15.5 Å². The molecule has 1 aromatic rings. The highest BCUT2D eigenvalue weighted by atomic mass is 32.2. The molecule has 0 aromatic carbocycles. The second-order valence-corrected chi connectivity index (χ2v) is 4.49. The van der Waals surface area contributed by atoms with E-state index in [2.05, 4.69) is 10.5 Å². The molecule has 0 atom stereocenters. The van der Waals surface area contributed by atoms with E-state index in [9.17, 15) is 4.79 Å². The number of nitrogens with one attached hydrogen (secondary N) is 2. The highest BCUT2D eigenvalue weighted by Crippen LogP contribution is 2.17. The lowest BCUT2D eigenvalue weighted by molar-refractivity contribution is -0.113. The summed E-state index contributed by atoms with van der Waals surface area (Å²) in [5.41, 5.74) is 5.90. The number of rotatable bonds is 4. The number of hydrogen-bond donors (Lipinski definition) is 3. The summed E-state index contributed by atoms with van der Waals surface area (Å²) in [6.45, 7) is 3.96. The first kappa shape index (κ1) is 12.6. The Balaban J connectivity index is 2.46. The Morgan fingerprint density at radius 3 is 2.94 bits per heavy atom. The van der Waals surface area contributed by atoms with Crippen LogP contribution in [0.25, 0.3) is 0 Å². The average molecular weight is 242 g/mol. The van der Waals surface area contributed by atoms with E-state index in [-0.39, 0.29) is 22.7 Å². The summed E-state index contributed by atoms with van der Waals surface area (Å²) in [6, 6.07) is 1.68. The van der Waals surface area contributed by atoms with Gasteiger partial charge in [0.15, 0.2) is 5.17 Å². The Hall–Kier alpha value is -1.50. The predicted molar refractivity (Wildman–Crippen MR) is 63.6 cm³/mol. The lowest BCUT2D eigenvalue weighted by Crippen LogP contribution is -2.16. The van der Waals surface area contributed by atoms with E-state index in [1.807, 2.05) is 13.8 Å². The molecule has 0 aliphatic heterocycles. The minimum atomic E-state index is -0.272. The lowest BCUT2D eigenvalue weighted by atomic mass is 10.1. The van der Waals surface area contributed by atoms with Gasteiger partial charge in [-0.2, -0.15) is 0 Å². The number of carbonyl (C=O) groups is 1. The minimum absolute atomic E-state index is 0.0874. The number of nitrogens with zero attached hydrogens (tertiary/aromatic N) is 1. The van der Waals surface area contributed by atoms with Crippen LogP contribution in [0, 0.1) is 5.41 Å². The number of aromatic nitrogens is 1. The molecule has 1 rings (SSSR count). The monoisotopic (exact) mass is 242 g/mol. The number of carbonyl (C=O) groups excluding carboxylic acids is 1. The summed E-state index contributed by atoms with van der Waals surface area (Å²) in [5.74, 6) is 0.387. The van der Waals surface area contributed by atoms with Gasteiger partial charge in [0, 0.05) is 6.07 Å². The van der Waals surface area contributed by atoms with Crippen molar-refractivity contribution in [2.75, 3.05) is 11.1 Å². The van der Waals surface area contributed by atoms with Gasteiger partial charge in [0.2, 0.25) is 11.8 Å². The molecular formula is C9H14N4O2S. The Kier molecular flexibility index (Phi) is 4.36. The number of anilines is 1. The number of thioether (sulfide) groups is 1. The van der Waals surface area contributed by atoms with Crippen molar-refractivity contribution in [1.29, 1.82) is 5.41 Å². The standard InChI is InChI=1S/C9H14N4O2S/c1-5(2)6-3-8(15-13-6)12-7(14)4-16-9(10)11/h3,5H,4H2,1-2H3,(H3,10,11)(H,12,14). The zero-order valence-corrected chi connectivity index (χ0v) is 9.93. The van der Waals surface area contributed by atoms with Crippen molar-refractivity contribution in [1.82, 2.24) is 5.16 Å². The summed E-state index contributed by atoms with van der Waals surface area (Å²) in [5, 5.41) is 13.2. The molecule has 0 unspecified atom stereocenters. The van der Waals surface area contributed by atoms with Crippen molar-refractivity contribution in [3.63, 3.8) is 0 Å². The second-order valence-electron chi connectivity index (χ2n) is 3.47. The third-order valence-electron chi connectivity index (χ3n) is 1.74. The molecule has 88 valence electrons. The zero-order chi connectivity index (χ0) is 12.1. The van der Waals surface area contributed by atoms with Crippen LogP contribution in [-0.2, 0) is 4.79 Å². The van der Waals surface area contributed by atoms with Crippen LogP contribution < -0.4 is 11.1 Å². The summed E-state index contributed by atoms with van der Waals surface area (Å²) in [7, 11) is 0. The van der Waals surface area contributed by atoms with Gasteiger partial charge in [-0.1, -0.05) is 30.8 Å².